The van der Waals surface area contributed by atoms with Crippen molar-refractivity contribution in [2.24, 2.45) is 7.05 Å². The van der Waals surface area contributed by atoms with Gasteiger partial charge in [0.05, 0.1) is 10.9 Å². The van der Waals surface area contributed by atoms with Gasteiger partial charge in [-0.15, -0.1) is 0 Å². The molecule has 0 radical (unpaired) electrons. The summed E-state index contributed by atoms with van der Waals surface area (Å²) >= 11 is 0. The van der Waals surface area contributed by atoms with Gasteiger partial charge in [-0.3, -0.25) is 10.1 Å². The van der Waals surface area contributed by atoms with Crippen molar-refractivity contribution in [2.45, 2.75) is 0 Å². The third kappa shape index (κ3) is 3.69. The highest BCUT2D eigenvalue weighted by Gasteiger charge is 2.29. The number of aromatic carboxylic acids is 1. The molecule has 0 unspecified atom stereocenters. The third-order valence-corrected chi connectivity index (χ3v) is 6.57. The van der Waals surface area contributed by atoms with Crippen molar-refractivity contribution in [1.82, 2.24) is 0 Å². The number of fused-ring (bicyclic) bond motifs is 2. The van der Waals surface area contributed by atoms with Gasteiger partial charge in [0.1, 0.15) is 13.7 Å². The average molecular weight is 482 g/mol. The number of aromatic nitrogens is 1. The predicted octanol–water partition coefficient (Wildman–Crippen LogP) is 2.85. The molecule has 8 heteroatoms. The lowest BCUT2D eigenvalue weighted by atomic mass is 9.85. The van der Waals surface area contributed by atoms with Crippen LogP contribution in [0.2, 0.25) is 0 Å². The number of hydrogen-bond donors (Lipinski definition) is 2. The first-order valence-electron chi connectivity index (χ1n) is 11.2. The summed E-state index contributed by atoms with van der Waals surface area (Å²) in [5.74, 6) is -1.93. The molecule has 0 fully saturated rings. The molecule has 0 bridgehead atoms. The molecule has 5 rings (SSSR count). The number of carbonyl (C=O) groups is 2. The van der Waals surface area contributed by atoms with Gasteiger partial charge in [0.15, 0.2) is 5.78 Å². The standard InChI is InChI=1S/C28H22N2O6/c1-29-17(11-16(15-36-35)19-7-3-5-9-24(19)29)13-22-26(31)23(27(22)32)14-18-12-21(28(33)34)20-8-4-6-10-25(20)30(18)2/h3-14H,15H2,1-2H3,(H2-,31,32,33,34,35). The molecule has 36 heavy (non-hydrogen) atoms. The topological polar surface area (TPSA) is 114 Å². The zero-order valence-corrected chi connectivity index (χ0v) is 19.6. The molecule has 2 aromatic carbocycles. The number of ketones is 1. The molecule has 3 aromatic rings. The number of allylic oxidation sites excluding steroid dienone is 4. The number of nitrogens with zero attached hydrogens (tertiary/aromatic N) is 2. The molecule has 0 spiro atoms. The molecule has 2 aliphatic rings. The summed E-state index contributed by atoms with van der Waals surface area (Å²) in [4.78, 5) is 31.0. The monoisotopic (exact) mass is 482 g/mol. The first-order chi connectivity index (χ1) is 17.3. The quantitative estimate of drug-likeness (QED) is 0.249. The Kier molecular flexibility index (Phi) is 5.75. The van der Waals surface area contributed by atoms with Gasteiger partial charge in [-0.05, 0) is 29.9 Å². The summed E-state index contributed by atoms with van der Waals surface area (Å²) < 4.78 is 1.75. The first kappa shape index (κ1) is 23.2. The lowest BCUT2D eigenvalue weighted by molar-refractivity contribution is -0.646. The molecule has 0 saturated carbocycles. The molecule has 1 aliphatic heterocycles. The van der Waals surface area contributed by atoms with Crippen molar-refractivity contribution in [3.8, 4) is 0 Å². The molecule has 1 aromatic heterocycles. The largest absolute Gasteiger partial charge is 0.871 e. The minimum absolute atomic E-state index is 0.00849. The van der Waals surface area contributed by atoms with Gasteiger partial charge < -0.3 is 15.1 Å². The van der Waals surface area contributed by atoms with Crippen LogP contribution in [0.1, 0.15) is 21.6 Å². The number of aryl methyl sites for hydroxylation is 1. The van der Waals surface area contributed by atoms with Crippen molar-refractivity contribution in [1.29, 1.82) is 0 Å². The van der Waals surface area contributed by atoms with Crippen molar-refractivity contribution >= 4 is 40.0 Å². The SMILES string of the molecule is CN1C(=CC2=C([O-])C(=Cc3cc(C(=O)O)c4ccccc4[n+]3C)C2=O)C=C(COO)c2ccccc21. The number of para-hydroxylation sites is 2. The van der Waals surface area contributed by atoms with E-state index in [1.165, 1.54) is 18.2 Å². The number of carbonyl (C=O) groups excluding carboxylic acids is 1. The smallest absolute Gasteiger partial charge is 0.336 e. The molecule has 2 N–H and O–H groups in total. The zero-order chi connectivity index (χ0) is 25.6. The van der Waals surface area contributed by atoms with Gasteiger partial charge in [0, 0.05) is 53.4 Å². The highest BCUT2D eigenvalue weighted by Crippen LogP contribution is 2.37. The number of carboxylic acids is 1. The van der Waals surface area contributed by atoms with Gasteiger partial charge in [-0.25, -0.2) is 9.68 Å². The second-order valence-corrected chi connectivity index (χ2v) is 8.58. The van der Waals surface area contributed by atoms with Crippen molar-refractivity contribution in [3.63, 3.8) is 0 Å². The van der Waals surface area contributed by atoms with E-state index in [2.05, 4.69) is 4.89 Å². The Balaban J connectivity index is 1.57. The fourth-order valence-electron chi connectivity index (χ4n) is 4.62. The summed E-state index contributed by atoms with van der Waals surface area (Å²) in [7, 11) is 3.58. The maximum Gasteiger partial charge on any atom is 0.336 e. The number of anilines is 1. The summed E-state index contributed by atoms with van der Waals surface area (Å²) in [6.07, 6.45) is 4.72. The fourth-order valence-corrected chi connectivity index (χ4v) is 4.62. The predicted molar refractivity (Wildman–Crippen MR) is 132 cm³/mol. The Labute approximate surface area is 206 Å². The van der Waals surface area contributed by atoms with Gasteiger partial charge in [-0.2, -0.15) is 4.57 Å². The average Bonchev–Trinajstić information content (AvgIpc) is 2.89. The number of benzene rings is 2. The van der Waals surface area contributed by atoms with E-state index in [0.717, 1.165) is 11.3 Å². The highest BCUT2D eigenvalue weighted by molar-refractivity contribution is 6.23. The summed E-state index contributed by atoms with van der Waals surface area (Å²) in [5, 5.41) is 32.2. The second kappa shape index (κ2) is 8.92. The molecule has 0 saturated heterocycles. The molecule has 8 nitrogen and oxygen atoms in total. The normalized spacial score (nSPS) is 17.5. The zero-order valence-electron chi connectivity index (χ0n) is 19.6. The van der Waals surface area contributed by atoms with Gasteiger partial charge in [-0.1, -0.05) is 36.1 Å². The Morgan fingerprint density at radius 2 is 1.86 bits per heavy atom. The summed E-state index contributed by atoms with van der Waals surface area (Å²) in [6.45, 7) is -0.0467. The van der Waals surface area contributed by atoms with Crippen LogP contribution in [0.4, 0.5) is 5.69 Å². The molecule has 0 amide bonds. The number of likely N-dealkylation sites (N-methyl/N-ethyl adjacent to an activating group) is 1. The first-order valence-corrected chi connectivity index (χ1v) is 11.2. The third-order valence-electron chi connectivity index (χ3n) is 6.57. The molecular weight excluding hydrogens is 460 g/mol. The van der Waals surface area contributed by atoms with Crippen LogP contribution >= 0.6 is 0 Å². The summed E-state index contributed by atoms with van der Waals surface area (Å²) in [5.41, 5.74) is 4.24. The van der Waals surface area contributed by atoms with E-state index in [1.807, 2.05) is 36.2 Å². The van der Waals surface area contributed by atoms with Crippen molar-refractivity contribution in [3.05, 3.63) is 106 Å². The lowest BCUT2D eigenvalue weighted by Gasteiger charge is -2.32. The number of rotatable bonds is 5. The maximum absolute atomic E-state index is 13.0. The lowest BCUT2D eigenvalue weighted by Crippen LogP contribution is -2.35. The Bertz CT molecular complexity index is 1580. The number of Topliss-reactive ketones (excluding diaryl/α,β-unsaturated/α-hetero) is 1. The fraction of sp³-hybridized carbons (Fsp3) is 0.107. The van der Waals surface area contributed by atoms with Crippen molar-refractivity contribution in [2.75, 3.05) is 18.6 Å². The van der Waals surface area contributed by atoms with Gasteiger partial charge in [0.2, 0.25) is 11.2 Å². The van der Waals surface area contributed by atoms with Crippen LogP contribution in [0.5, 0.6) is 0 Å². The minimum atomic E-state index is -1.09. The van der Waals surface area contributed by atoms with Gasteiger partial charge >= 0.3 is 5.97 Å². The molecule has 0 atom stereocenters. The highest BCUT2D eigenvalue weighted by atomic mass is 17.1. The van der Waals surface area contributed by atoms with Crippen molar-refractivity contribution < 1.29 is 34.5 Å². The molecule has 1 aliphatic carbocycles. The van der Waals surface area contributed by atoms with Crippen LogP contribution in [0.25, 0.3) is 22.6 Å². The van der Waals surface area contributed by atoms with E-state index in [-0.39, 0.29) is 23.3 Å². The van der Waals surface area contributed by atoms with Crippen LogP contribution in [-0.4, -0.2) is 35.8 Å². The number of carboxylic acid groups (broad SMARTS) is 1. The molecule has 2 heterocycles. The van der Waals surface area contributed by atoms with E-state index in [1.54, 1.807) is 42.0 Å². The minimum Gasteiger partial charge on any atom is -0.871 e. The van der Waals surface area contributed by atoms with Crippen LogP contribution in [0, 0.1) is 0 Å². The van der Waals surface area contributed by atoms with E-state index in [4.69, 9.17) is 5.26 Å². The maximum atomic E-state index is 13.0. The van der Waals surface area contributed by atoms with Crippen LogP contribution in [-0.2, 0) is 16.7 Å². The summed E-state index contributed by atoms with van der Waals surface area (Å²) in [6, 6.07) is 16.1. The van der Waals surface area contributed by atoms with Gasteiger partial charge in [0.25, 0.3) is 0 Å². The van der Waals surface area contributed by atoms with Crippen LogP contribution in [0.15, 0.2) is 89.4 Å². The van der Waals surface area contributed by atoms with Crippen LogP contribution < -0.4 is 14.6 Å². The molecular formula is C28H22N2O6. The number of pyridine rings is 1. The van der Waals surface area contributed by atoms with E-state index < -0.39 is 17.5 Å². The molecule has 180 valence electrons. The Morgan fingerprint density at radius 3 is 2.58 bits per heavy atom. The van der Waals surface area contributed by atoms with E-state index >= 15 is 0 Å². The number of hydrogen-bond acceptors (Lipinski definition) is 6. The van der Waals surface area contributed by atoms with Crippen LogP contribution in [0.3, 0.4) is 0 Å². The Hall–Kier alpha value is -4.53. The van der Waals surface area contributed by atoms with E-state index in [9.17, 15) is 19.8 Å². The Morgan fingerprint density at radius 1 is 1.14 bits per heavy atom. The van der Waals surface area contributed by atoms with E-state index in [0.29, 0.717) is 27.9 Å². The second-order valence-electron chi connectivity index (χ2n) is 8.58.